The van der Waals surface area contributed by atoms with Crippen molar-refractivity contribution in [3.05, 3.63) is 52.4 Å². The second kappa shape index (κ2) is 8.88. The number of rotatable bonds is 5. The number of nitrogens with one attached hydrogen (secondary N) is 1. The predicted molar refractivity (Wildman–Crippen MR) is 115 cm³/mol. The normalized spacial score (nSPS) is 18.2. The maximum absolute atomic E-state index is 13.0. The van der Waals surface area contributed by atoms with E-state index in [2.05, 4.69) is 19.2 Å². The molecule has 5 nitrogen and oxygen atoms in total. The third-order valence-electron chi connectivity index (χ3n) is 5.45. The van der Waals surface area contributed by atoms with Gasteiger partial charge in [0.1, 0.15) is 5.00 Å². The summed E-state index contributed by atoms with van der Waals surface area (Å²) in [5.41, 5.74) is 8.38. The number of benzene rings is 1. The van der Waals surface area contributed by atoms with Gasteiger partial charge in [-0.15, -0.1) is 11.3 Å². The fourth-order valence-corrected chi connectivity index (χ4v) is 4.34. The minimum absolute atomic E-state index is 0.0305. The molecule has 2 amide bonds. The lowest BCUT2D eigenvalue weighted by atomic mass is 9.92. The highest BCUT2D eigenvalue weighted by molar-refractivity contribution is 7.14. The molecule has 2 unspecified atom stereocenters. The summed E-state index contributed by atoms with van der Waals surface area (Å²) in [6, 6.07) is 9.48. The first-order valence-corrected chi connectivity index (χ1v) is 10.8. The molecule has 28 heavy (non-hydrogen) atoms. The molecular weight excluding hydrogens is 370 g/mol. The Morgan fingerprint density at radius 1 is 1.18 bits per heavy atom. The van der Waals surface area contributed by atoms with Crippen LogP contribution in [0.4, 0.5) is 5.00 Å². The van der Waals surface area contributed by atoms with Crippen LogP contribution in [-0.2, 0) is 0 Å². The molecule has 2 atom stereocenters. The summed E-state index contributed by atoms with van der Waals surface area (Å²) in [7, 11) is 0. The summed E-state index contributed by atoms with van der Waals surface area (Å²) >= 11 is 1.38. The number of nitrogens with zero attached hydrogens (tertiary/aromatic N) is 1. The molecule has 6 heteroatoms. The van der Waals surface area contributed by atoms with E-state index in [9.17, 15) is 9.59 Å². The Morgan fingerprint density at radius 3 is 2.54 bits per heavy atom. The molecule has 3 N–H and O–H groups in total. The zero-order valence-electron chi connectivity index (χ0n) is 16.8. The van der Waals surface area contributed by atoms with Crippen molar-refractivity contribution in [1.29, 1.82) is 0 Å². The van der Waals surface area contributed by atoms with Crippen LogP contribution in [0.1, 0.15) is 65.8 Å². The van der Waals surface area contributed by atoms with Crippen LogP contribution in [0.25, 0.3) is 0 Å². The van der Waals surface area contributed by atoms with Crippen LogP contribution in [0.15, 0.2) is 35.7 Å². The first kappa shape index (κ1) is 20.6. The Balaban J connectivity index is 1.71. The molecule has 0 aliphatic carbocycles. The van der Waals surface area contributed by atoms with E-state index in [1.165, 1.54) is 16.9 Å². The van der Waals surface area contributed by atoms with E-state index in [0.717, 1.165) is 19.4 Å². The Bertz CT molecular complexity index is 827. The van der Waals surface area contributed by atoms with Gasteiger partial charge in [-0.2, -0.15) is 0 Å². The number of anilines is 1. The summed E-state index contributed by atoms with van der Waals surface area (Å²) < 4.78 is 0. The van der Waals surface area contributed by atoms with Crippen molar-refractivity contribution in [3.8, 4) is 0 Å². The minimum Gasteiger partial charge on any atom is -0.338 e. The number of thiophene rings is 1. The number of amides is 2. The average Bonchev–Trinajstić information content (AvgIpc) is 3.15. The van der Waals surface area contributed by atoms with E-state index in [1.807, 2.05) is 41.5 Å². The van der Waals surface area contributed by atoms with Crippen molar-refractivity contribution in [3.63, 3.8) is 0 Å². The molecular formula is C22H29N3O2S. The monoisotopic (exact) mass is 399 g/mol. The molecule has 1 aromatic heterocycles. The van der Waals surface area contributed by atoms with Crippen LogP contribution in [0, 0.1) is 5.92 Å². The molecule has 0 saturated carbocycles. The van der Waals surface area contributed by atoms with E-state index < -0.39 is 0 Å². The summed E-state index contributed by atoms with van der Waals surface area (Å²) in [5.74, 6) is 0.521. The van der Waals surface area contributed by atoms with Crippen LogP contribution in [-0.4, -0.2) is 35.8 Å². The smallest absolute Gasteiger partial charge is 0.256 e. The maximum Gasteiger partial charge on any atom is 0.256 e. The third-order valence-corrected chi connectivity index (χ3v) is 6.28. The molecule has 0 radical (unpaired) electrons. The van der Waals surface area contributed by atoms with Crippen molar-refractivity contribution in [2.45, 2.75) is 45.6 Å². The number of hydrogen-bond donors (Lipinski definition) is 2. The zero-order chi connectivity index (χ0) is 20.3. The number of hydrogen-bond acceptors (Lipinski definition) is 4. The highest BCUT2D eigenvalue weighted by atomic mass is 32.1. The summed E-state index contributed by atoms with van der Waals surface area (Å²) in [4.78, 5) is 27.5. The number of likely N-dealkylation sites (tertiary alicyclic amines) is 1. The standard InChI is InChI=1S/C22H29N3O2S/c1-14(2)16-6-8-17(9-7-16)20(26)24-21-19(10-12-28-21)22(27)25-11-4-5-18(13-25)15(3)23/h6-10,12,14-15,18H,4-5,11,13,23H2,1-3H3,(H,24,26). The molecule has 1 aliphatic heterocycles. The first-order valence-electron chi connectivity index (χ1n) is 9.90. The van der Waals surface area contributed by atoms with Crippen LogP contribution in [0.2, 0.25) is 0 Å². The molecule has 1 aromatic carbocycles. The molecule has 1 saturated heterocycles. The van der Waals surface area contributed by atoms with Gasteiger partial charge in [0.25, 0.3) is 11.8 Å². The van der Waals surface area contributed by atoms with Crippen molar-refractivity contribution >= 4 is 28.2 Å². The predicted octanol–water partition coefficient (Wildman–Crippen LogP) is 4.32. The fraction of sp³-hybridized carbons (Fsp3) is 0.455. The van der Waals surface area contributed by atoms with Crippen molar-refractivity contribution in [1.82, 2.24) is 4.90 Å². The zero-order valence-corrected chi connectivity index (χ0v) is 17.6. The van der Waals surface area contributed by atoms with Gasteiger partial charge in [-0.1, -0.05) is 26.0 Å². The first-order chi connectivity index (χ1) is 13.4. The van der Waals surface area contributed by atoms with Gasteiger partial charge >= 0.3 is 0 Å². The molecule has 3 rings (SSSR count). The number of carbonyl (C=O) groups excluding carboxylic acids is 2. The molecule has 1 aliphatic rings. The van der Waals surface area contributed by atoms with Gasteiger partial charge < -0.3 is 16.0 Å². The van der Waals surface area contributed by atoms with E-state index in [-0.39, 0.29) is 17.9 Å². The second-order valence-corrected chi connectivity index (χ2v) is 8.82. The van der Waals surface area contributed by atoms with Gasteiger partial charge in [-0.25, -0.2) is 0 Å². The van der Waals surface area contributed by atoms with Crippen LogP contribution < -0.4 is 11.1 Å². The third kappa shape index (κ3) is 4.62. The largest absolute Gasteiger partial charge is 0.338 e. The van der Waals surface area contributed by atoms with Gasteiger partial charge in [0.2, 0.25) is 0 Å². The molecule has 0 spiro atoms. The molecule has 1 fully saturated rings. The average molecular weight is 400 g/mol. The number of piperidine rings is 1. The SMILES string of the molecule is CC(C)c1ccc(C(=O)Nc2sccc2C(=O)N2CCCC(C(C)N)C2)cc1. The van der Waals surface area contributed by atoms with Gasteiger partial charge in [0.15, 0.2) is 0 Å². The van der Waals surface area contributed by atoms with Crippen LogP contribution in [0.5, 0.6) is 0 Å². The topological polar surface area (TPSA) is 75.4 Å². The quantitative estimate of drug-likeness (QED) is 0.786. The summed E-state index contributed by atoms with van der Waals surface area (Å²) in [6.45, 7) is 7.65. The summed E-state index contributed by atoms with van der Waals surface area (Å²) in [6.07, 6.45) is 2.02. The maximum atomic E-state index is 13.0. The van der Waals surface area contributed by atoms with Gasteiger partial charge in [-0.3, -0.25) is 9.59 Å². The fourth-order valence-electron chi connectivity index (χ4n) is 3.56. The minimum atomic E-state index is -0.195. The van der Waals surface area contributed by atoms with E-state index in [4.69, 9.17) is 5.73 Å². The van der Waals surface area contributed by atoms with Crippen LogP contribution in [0.3, 0.4) is 0 Å². The van der Waals surface area contributed by atoms with E-state index in [0.29, 0.717) is 34.5 Å². The molecule has 2 heterocycles. The van der Waals surface area contributed by atoms with E-state index in [1.54, 1.807) is 6.07 Å². The van der Waals surface area contributed by atoms with Crippen molar-refractivity contribution < 1.29 is 9.59 Å². The number of carbonyl (C=O) groups is 2. The van der Waals surface area contributed by atoms with Gasteiger partial charge in [-0.05, 0) is 60.7 Å². The Kier molecular flexibility index (Phi) is 6.52. The Morgan fingerprint density at radius 2 is 1.89 bits per heavy atom. The van der Waals surface area contributed by atoms with Gasteiger partial charge in [0, 0.05) is 24.7 Å². The van der Waals surface area contributed by atoms with Gasteiger partial charge in [0.05, 0.1) is 5.56 Å². The Labute approximate surface area is 170 Å². The lowest BCUT2D eigenvalue weighted by Crippen LogP contribution is -2.45. The lowest BCUT2D eigenvalue weighted by Gasteiger charge is -2.34. The highest BCUT2D eigenvalue weighted by Crippen LogP contribution is 2.28. The molecule has 0 bridgehead atoms. The van der Waals surface area contributed by atoms with Crippen molar-refractivity contribution in [2.24, 2.45) is 11.7 Å². The van der Waals surface area contributed by atoms with Crippen molar-refractivity contribution in [2.75, 3.05) is 18.4 Å². The van der Waals surface area contributed by atoms with E-state index >= 15 is 0 Å². The lowest BCUT2D eigenvalue weighted by molar-refractivity contribution is 0.0662. The highest BCUT2D eigenvalue weighted by Gasteiger charge is 2.28. The Hall–Kier alpha value is -2.18. The number of nitrogens with two attached hydrogens (primary N) is 1. The molecule has 2 aromatic rings. The molecule has 150 valence electrons. The second-order valence-electron chi connectivity index (χ2n) is 7.91. The van der Waals surface area contributed by atoms with Crippen LogP contribution >= 0.6 is 11.3 Å². The summed E-state index contributed by atoms with van der Waals surface area (Å²) in [5, 5.41) is 5.36.